The van der Waals surface area contributed by atoms with Gasteiger partial charge in [-0.1, -0.05) is 12.8 Å². The van der Waals surface area contributed by atoms with Crippen LogP contribution in [-0.4, -0.2) is 27.0 Å². The average Bonchev–Trinajstić information content (AvgIpc) is 3.29. The number of amides is 1. The fourth-order valence-corrected chi connectivity index (χ4v) is 3.13. The van der Waals surface area contributed by atoms with Crippen molar-refractivity contribution in [1.82, 2.24) is 9.97 Å². The summed E-state index contributed by atoms with van der Waals surface area (Å²) in [5.41, 5.74) is -1.52. The van der Waals surface area contributed by atoms with E-state index < -0.39 is 17.5 Å². The zero-order valence-electron chi connectivity index (χ0n) is 13.5. The molecule has 1 atom stereocenters. The molecule has 1 radical (unpaired) electrons. The molecule has 2 aromatic rings. The van der Waals surface area contributed by atoms with Gasteiger partial charge in [0.2, 0.25) is 5.91 Å². The van der Waals surface area contributed by atoms with E-state index in [2.05, 4.69) is 22.2 Å². The van der Waals surface area contributed by atoms with Gasteiger partial charge in [0.25, 0.3) is 5.88 Å². The molecule has 1 saturated carbocycles. The minimum Gasteiger partial charge on any atom is -0.472 e. The lowest BCUT2D eigenvalue weighted by molar-refractivity contribution is -0.163. The molecule has 0 saturated heterocycles. The molecule has 2 heterocycles. The number of nitrogens with zero attached hydrogens (tertiary/aromatic N) is 2. The van der Waals surface area contributed by atoms with Gasteiger partial charge in [-0.25, -0.2) is 14.8 Å². The fourth-order valence-electron chi connectivity index (χ4n) is 3.13. The Morgan fingerprint density at radius 3 is 2.68 bits per heavy atom. The normalized spacial score (nSPS) is 17.0. The van der Waals surface area contributed by atoms with Crippen molar-refractivity contribution in [2.75, 3.05) is 5.32 Å². The first-order chi connectivity index (χ1) is 12.0. The summed E-state index contributed by atoms with van der Waals surface area (Å²) in [6.45, 7) is 3.19. The number of carbonyl (C=O) groups excluding carboxylic acids is 2. The van der Waals surface area contributed by atoms with E-state index in [1.807, 2.05) is 0 Å². The number of aromatic nitrogens is 2. The van der Waals surface area contributed by atoms with Gasteiger partial charge in [-0.3, -0.25) is 4.79 Å². The van der Waals surface area contributed by atoms with Crippen LogP contribution in [-0.2, 0) is 15.2 Å². The Bertz CT molecular complexity index is 755. The molecule has 2 N–H and O–H groups in total. The van der Waals surface area contributed by atoms with Crippen molar-refractivity contribution < 1.29 is 23.8 Å². The molecule has 0 bridgehead atoms. The molecule has 0 spiro atoms. The van der Waals surface area contributed by atoms with Crippen LogP contribution in [0.4, 0.5) is 5.82 Å². The lowest BCUT2D eigenvalue weighted by Crippen LogP contribution is -2.44. The van der Waals surface area contributed by atoms with Crippen molar-refractivity contribution in [3.05, 3.63) is 43.5 Å². The van der Waals surface area contributed by atoms with E-state index in [4.69, 9.17) is 9.15 Å². The maximum absolute atomic E-state index is 12.8. The van der Waals surface area contributed by atoms with Crippen molar-refractivity contribution >= 4 is 17.7 Å². The third kappa shape index (κ3) is 3.39. The van der Waals surface area contributed by atoms with Gasteiger partial charge in [0.05, 0.1) is 12.5 Å². The van der Waals surface area contributed by atoms with Crippen molar-refractivity contribution in [2.24, 2.45) is 5.92 Å². The summed E-state index contributed by atoms with van der Waals surface area (Å²) in [7, 11) is 0. The first-order valence-corrected chi connectivity index (χ1v) is 7.93. The van der Waals surface area contributed by atoms with Crippen LogP contribution in [0.15, 0.2) is 35.4 Å². The van der Waals surface area contributed by atoms with Crippen LogP contribution in [0.1, 0.15) is 31.2 Å². The first-order valence-electron chi connectivity index (χ1n) is 7.93. The molecule has 1 fully saturated rings. The highest BCUT2D eigenvalue weighted by molar-refractivity contribution is 5.94. The van der Waals surface area contributed by atoms with E-state index >= 15 is 0 Å². The molecule has 131 valence electrons. The highest BCUT2D eigenvalue weighted by Gasteiger charge is 2.49. The molecular formula is C17H18N3O5. The topological polar surface area (TPSA) is 115 Å². The standard InChI is InChI=1S/C17H18N3O5/c1-11(21)20-14-15(19-8-7-18-14)25-16(22)17(23,12-4-2-3-5-12)13-6-9-24-10-13/h6-10,12,23H,1-5H2,(H,18,20,21)/t17-/m1/s1. The molecule has 2 aromatic heterocycles. The monoisotopic (exact) mass is 344 g/mol. The molecule has 1 amide bonds. The minimum absolute atomic E-state index is 0.0446. The number of rotatable bonds is 5. The van der Waals surface area contributed by atoms with Gasteiger partial charge in [0.1, 0.15) is 0 Å². The van der Waals surface area contributed by atoms with Crippen molar-refractivity contribution in [1.29, 1.82) is 0 Å². The van der Waals surface area contributed by atoms with Crippen LogP contribution in [0, 0.1) is 12.8 Å². The van der Waals surface area contributed by atoms with Gasteiger partial charge in [0.15, 0.2) is 11.4 Å². The molecule has 8 heteroatoms. The minimum atomic E-state index is -1.85. The Morgan fingerprint density at radius 2 is 2.04 bits per heavy atom. The lowest BCUT2D eigenvalue weighted by Gasteiger charge is -2.30. The van der Waals surface area contributed by atoms with E-state index in [0.29, 0.717) is 18.4 Å². The van der Waals surface area contributed by atoms with Gasteiger partial charge < -0.3 is 19.6 Å². The Hall–Kier alpha value is -2.74. The second kappa shape index (κ2) is 7.02. The van der Waals surface area contributed by atoms with E-state index in [1.54, 1.807) is 0 Å². The third-order valence-electron chi connectivity index (χ3n) is 4.33. The number of furan rings is 1. The summed E-state index contributed by atoms with van der Waals surface area (Å²) in [5, 5.41) is 13.5. The molecule has 8 nitrogen and oxygen atoms in total. The molecule has 1 aliphatic rings. The summed E-state index contributed by atoms with van der Waals surface area (Å²) in [4.78, 5) is 31.8. The van der Waals surface area contributed by atoms with E-state index in [1.165, 1.54) is 31.0 Å². The zero-order valence-corrected chi connectivity index (χ0v) is 13.5. The number of nitrogens with one attached hydrogen (secondary N) is 1. The molecular weight excluding hydrogens is 326 g/mol. The summed E-state index contributed by atoms with van der Waals surface area (Å²) < 4.78 is 10.3. The Kier molecular flexibility index (Phi) is 4.80. The van der Waals surface area contributed by atoms with Gasteiger partial charge in [-0.05, 0) is 18.9 Å². The van der Waals surface area contributed by atoms with Crippen LogP contribution in [0.25, 0.3) is 0 Å². The molecule has 0 aliphatic heterocycles. The zero-order chi connectivity index (χ0) is 17.9. The Labute approximate surface area is 144 Å². The Morgan fingerprint density at radius 1 is 1.32 bits per heavy atom. The third-order valence-corrected chi connectivity index (χ3v) is 4.33. The molecule has 0 aromatic carbocycles. The quantitative estimate of drug-likeness (QED) is 0.795. The SMILES string of the molecule is [CH2]C(=O)Nc1nccnc1OC(=O)[C@](O)(c1ccoc1)C1CCCC1. The molecule has 0 unspecified atom stereocenters. The van der Waals surface area contributed by atoms with Crippen LogP contribution >= 0.6 is 0 Å². The second-order valence-electron chi connectivity index (χ2n) is 5.91. The maximum atomic E-state index is 12.8. The molecule has 3 rings (SSSR count). The average molecular weight is 344 g/mol. The summed E-state index contributed by atoms with van der Waals surface area (Å²) in [6.07, 6.45) is 8.60. The van der Waals surface area contributed by atoms with Gasteiger partial charge in [0, 0.05) is 30.8 Å². The first kappa shape index (κ1) is 17.1. The van der Waals surface area contributed by atoms with Gasteiger partial charge in [-0.2, -0.15) is 0 Å². The fraction of sp³-hybridized carbons (Fsp3) is 0.353. The van der Waals surface area contributed by atoms with Gasteiger partial charge >= 0.3 is 5.97 Å². The summed E-state index contributed by atoms with van der Waals surface area (Å²) in [6, 6.07) is 1.54. The Balaban J connectivity index is 1.91. The van der Waals surface area contributed by atoms with Crippen molar-refractivity contribution in [2.45, 2.75) is 31.3 Å². The van der Waals surface area contributed by atoms with E-state index in [-0.39, 0.29) is 17.6 Å². The number of carbonyl (C=O) groups is 2. The second-order valence-corrected chi connectivity index (χ2v) is 5.91. The number of hydrogen-bond acceptors (Lipinski definition) is 7. The van der Waals surface area contributed by atoms with E-state index in [0.717, 1.165) is 12.8 Å². The molecule has 25 heavy (non-hydrogen) atoms. The van der Waals surface area contributed by atoms with Crippen LogP contribution in [0.5, 0.6) is 5.88 Å². The highest BCUT2D eigenvalue weighted by Crippen LogP contribution is 2.42. The summed E-state index contributed by atoms with van der Waals surface area (Å²) in [5.74, 6) is -2.05. The predicted octanol–water partition coefficient (Wildman–Crippen LogP) is 1.83. The number of anilines is 1. The van der Waals surface area contributed by atoms with Crippen molar-refractivity contribution in [3.8, 4) is 5.88 Å². The van der Waals surface area contributed by atoms with E-state index in [9.17, 15) is 14.7 Å². The number of esters is 1. The van der Waals surface area contributed by atoms with Crippen LogP contribution in [0.2, 0.25) is 0 Å². The number of hydrogen-bond donors (Lipinski definition) is 2. The number of aliphatic hydroxyl groups is 1. The highest BCUT2D eigenvalue weighted by atomic mass is 16.6. The summed E-state index contributed by atoms with van der Waals surface area (Å²) >= 11 is 0. The largest absolute Gasteiger partial charge is 0.472 e. The lowest BCUT2D eigenvalue weighted by atomic mass is 9.81. The van der Waals surface area contributed by atoms with Crippen molar-refractivity contribution in [3.63, 3.8) is 0 Å². The van der Waals surface area contributed by atoms with Crippen LogP contribution < -0.4 is 10.1 Å². The number of ether oxygens (including phenoxy) is 1. The van der Waals surface area contributed by atoms with Crippen LogP contribution in [0.3, 0.4) is 0 Å². The maximum Gasteiger partial charge on any atom is 0.350 e. The predicted molar refractivity (Wildman–Crippen MR) is 86.2 cm³/mol. The smallest absolute Gasteiger partial charge is 0.350 e. The molecule has 1 aliphatic carbocycles. The van der Waals surface area contributed by atoms with Gasteiger partial charge in [-0.15, -0.1) is 0 Å².